The largest absolute Gasteiger partial charge is 0.507 e. The van der Waals surface area contributed by atoms with Gasteiger partial charge in [-0.15, -0.1) is 0 Å². The second-order valence-electron chi connectivity index (χ2n) is 9.40. The third-order valence-electron chi connectivity index (χ3n) is 7.19. The Balaban J connectivity index is 1.52. The van der Waals surface area contributed by atoms with E-state index in [1.54, 1.807) is 24.3 Å². The van der Waals surface area contributed by atoms with E-state index in [0.29, 0.717) is 40.7 Å². The van der Waals surface area contributed by atoms with Gasteiger partial charge in [0.05, 0.1) is 18.2 Å². The molecule has 1 aliphatic carbocycles. The molecule has 2 heterocycles. The van der Waals surface area contributed by atoms with Crippen LogP contribution in [0.15, 0.2) is 66.2 Å². The van der Waals surface area contributed by atoms with Crippen molar-refractivity contribution in [2.24, 2.45) is 0 Å². The first-order chi connectivity index (χ1) is 18.0. The van der Waals surface area contributed by atoms with Gasteiger partial charge in [-0.05, 0) is 79.6 Å². The van der Waals surface area contributed by atoms with Crippen LogP contribution >= 0.6 is 0 Å². The van der Waals surface area contributed by atoms with Crippen LogP contribution in [0, 0.1) is 0 Å². The molecule has 0 spiro atoms. The number of anilines is 1. The fraction of sp³-hybridized carbons (Fsp3) is 0.267. The summed E-state index contributed by atoms with van der Waals surface area (Å²) in [6.07, 6.45) is 4.18. The van der Waals surface area contributed by atoms with Crippen molar-refractivity contribution in [3.63, 3.8) is 0 Å². The van der Waals surface area contributed by atoms with Crippen molar-refractivity contribution in [3.8, 4) is 17.2 Å². The summed E-state index contributed by atoms with van der Waals surface area (Å²) < 4.78 is 16.6. The quantitative estimate of drug-likeness (QED) is 0.292. The summed E-state index contributed by atoms with van der Waals surface area (Å²) in [4.78, 5) is 28.4. The van der Waals surface area contributed by atoms with Gasteiger partial charge < -0.3 is 19.3 Å². The zero-order chi connectivity index (χ0) is 25.5. The lowest BCUT2D eigenvalue weighted by Crippen LogP contribution is -2.29. The molecule has 1 saturated heterocycles. The number of aliphatic hydroxyl groups excluding tert-OH is 1. The molecule has 1 fully saturated rings. The van der Waals surface area contributed by atoms with E-state index in [1.807, 2.05) is 43.3 Å². The van der Waals surface area contributed by atoms with Crippen molar-refractivity contribution >= 4 is 23.1 Å². The molecule has 6 rings (SSSR count). The van der Waals surface area contributed by atoms with E-state index in [-0.39, 0.29) is 18.1 Å². The van der Waals surface area contributed by atoms with E-state index in [9.17, 15) is 14.7 Å². The molecule has 7 nitrogen and oxygen atoms in total. The predicted molar refractivity (Wildman–Crippen MR) is 138 cm³/mol. The van der Waals surface area contributed by atoms with Gasteiger partial charge in [0.2, 0.25) is 6.79 Å². The molecule has 1 unspecified atom stereocenters. The van der Waals surface area contributed by atoms with Crippen LogP contribution in [0.2, 0.25) is 0 Å². The van der Waals surface area contributed by atoms with Gasteiger partial charge in [0.1, 0.15) is 11.5 Å². The molecule has 1 amide bonds. The van der Waals surface area contributed by atoms with Crippen LogP contribution in [-0.2, 0) is 22.4 Å². The van der Waals surface area contributed by atoms with Gasteiger partial charge in [0, 0.05) is 17.3 Å². The van der Waals surface area contributed by atoms with Gasteiger partial charge in [-0.25, -0.2) is 0 Å². The number of ether oxygens (including phenoxy) is 3. The third-order valence-corrected chi connectivity index (χ3v) is 7.19. The Morgan fingerprint density at radius 3 is 2.62 bits per heavy atom. The lowest BCUT2D eigenvalue weighted by Gasteiger charge is -2.26. The maximum absolute atomic E-state index is 13.5. The first-order valence-corrected chi connectivity index (χ1v) is 12.6. The number of hydrogen-bond acceptors (Lipinski definition) is 6. The number of carbonyl (C=O) groups is 2. The molecule has 188 valence electrons. The molecule has 0 radical (unpaired) electrons. The van der Waals surface area contributed by atoms with E-state index in [4.69, 9.17) is 14.2 Å². The second kappa shape index (κ2) is 9.32. The molecule has 2 aliphatic heterocycles. The summed E-state index contributed by atoms with van der Waals surface area (Å²) >= 11 is 0. The van der Waals surface area contributed by atoms with Gasteiger partial charge >= 0.3 is 0 Å². The van der Waals surface area contributed by atoms with E-state index in [2.05, 4.69) is 0 Å². The van der Waals surface area contributed by atoms with Crippen LogP contribution in [0.3, 0.4) is 0 Å². The normalized spacial score (nSPS) is 19.7. The van der Waals surface area contributed by atoms with E-state index in [1.165, 1.54) is 16.0 Å². The number of benzene rings is 3. The minimum absolute atomic E-state index is 0.0482. The SMILES string of the molecule is CCOc1cccc(C2/C(=C(/O)c3ccc4c(c3)CCCC4)C(=O)C(=O)N2c2ccc3c(c2)OCO3)c1. The summed E-state index contributed by atoms with van der Waals surface area (Å²) in [6, 6.07) is 17.4. The first kappa shape index (κ1) is 23.2. The second-order valence-corrected chi connectivity index (χ2v) is 9.40. The molecule has 3 aromatic carbocycles. The van der Waals surface area contributed by atoms with Crippen LogP contribution in [0.25, 0.3) is 5.76 Å². The maximum Gasteiger partial charge on any atom is 0.300 e. The highest BCUT2D eigenvalue weighted by Crippen LogP contribution is 2.45. The number of hydrogen-bond donors (Lipinski definition) is 1. The molecule has 7 heteroatoms. The molecular formula is C30H27NO6. The standard InChI is InChI=1S/C30H27NO6/c1-2-35-23-9-5-8-20(15-23)27-26(28(32)21-11-10-18-6-3-4-7-19(18)14-21)29(33)30(34)31(27)22-12-13-24-25(16-22)37-17-36-24/h5,8-16,27,32H,2-4,6-7,17H2,1H3/b28-26-. The lowest BCUT2D eigenvalue weighted by molar-refractivity contribution is -0.132. The van der Waals surface area contributed by atoms with Crippen LogP contribution in [0.5, 0.6) is 17.2 Å². The molecule has 1 N–H and O–H groups in total. The number of nitrogens with zero attached hydrogens (tertiary/aromatic N) is 1. The molecule has 3 aromatic rings. The molecule has 1 atom stereocenters. The van der Waals surface area contributed by atoms with Crippen LogP contribution in [0.1, 0.15) is 48.1 Å². The first-order valence-electron chi connectivity index (χ1n) is 12.6. The summed E-state index contributed by atoms with van der Waals surface area (Å²) in [7, 11) is 0. The van der Waals surface area contributed by atoms with Gasteiger partial charge in [-0.3, -0.25) is 14.5 Å². The van der Waals surface area contributed by atoms with E-state index >= 15 is 0 Å². The number of aliphatic hydroxyl groups is 1. The highest BCUT2D eigenvalue weighted by Gasteiger charge is 2.47. The summed E-state index contributed by atoms with van der Waals surface area (Å²) in [5.74, 6) is 0.0527. The molecule has 0 saturated carbocycles. The topological polar surface area (TPSA) is 85.3 Å². The number of ketones is 1. The van der Waals surface area contributed by atoms with Crippen LogP contribution < -0.4 is 19.1 Å². The smallest absolute Gasteiger partial charge is 0.300 e. The monoisotopic (exact) mass is 497 g/mol. The number of fused-ring (bicyclic) bond motifs is 2. The Morgan fingerprint density at radius 1 is 0.973 bits per heavy atom. The summed E-state index contributed by atoms with van der Waals surface area (Å²) in [5.41, 5.74) is 4.16. The minimum atomic E-state index is -0.850. The maximum atomic E-state index is 13.5. The Bertz CT molecular complexity index is 1440. The fourth-order valence-corrected chi connectivity index (χ4v) is 5.43. The fourth-order valence-electron chi connectivity index (χ4n) is 5.43. The zero-order valence-corrected chi connectivity index (χ0v) is 20.5. The van der Waals surface area contributed by atoms with Gasteiger partial charge in [-0.1, -0.05) is 24.3 Å². The van der Waals surface area contributed by atoms with Gasteiger partial charge in [0.15, 0.2) is 11.5 Å². The summed E-state index contributed by atoms with van der Waals surface area (Å²) in [5, 5.41) is 11.5. The lowest BCUT2D eigenvalue weighted by atomic mass is 9.88. The highest BCUT2D eigenvalue weighted by molar-refractivity contribution is 6.51. The molecule has 0 aromatic heterocycles. The van der Waals surface area contributed by atoms with Crippen LogP contribution in [-0.4, -0.2) is 30.2 Å². The van der Waals surface area contributed by atoms with Crippen LogP contribution in [0.4, 0.5) is 5.69 Å². The zero-order valence-electron chi connectivity index (χ0n) is 20.5. The number of aryl methyl sites for hydroxylation is 2. The Hall–Kier alpha value is -4.26. The van der Waals surface area contributed by atoms with Crippen molar-refractivity contribution < 1.29 is 28.9 Å². The summed E-state index contributed by atoms with van der Waals surface area (Å²) in [6.45, 7) is 2.46. The van der Waals surface area contributed by atoms with E-state index in [0.717, 1.165) is 25.7 Å². The van der Waals surface area contributed by atoms with Crippen molar-refractivity contribution in [1.82, 2.24) is 0 Å². The Morgan fingerprint density at radius 2 is 1.78 bits per heavy atom. The highest BCUT2D eigenvalue weighted by atomic mass is 16.7. The predicted octanol–water partition coefficient (Wildman–Crippen LogP) is 5.32. The Labute approximate surface area is 214 Å². The number of rotatable bonds is 5. The average Bonchev–Trinajstić information content (AvgIpc) is 3.50. The van der Waals surface area contributed by atoms with Crippen molar-refractivity contribution in [2.75, 3.05) is 18.3 Å². The average molecular weight is 498 g/mol. The van der Waals surface area contributed by atoms with E-state index < -0.39 is 17.7 Å². The van der Waals surface area contributed by atoms with Crippen molar-refractivity contribution in [3.05, 3.63) is 88.5 Å². The number of amides is 1. The molecular weight excluding hydrogens is 470 g/mol. The third kappa shape index (κ3) is 4.00. The van der Waals surface area contributed by atoms with Gasteiger partial charge in [-0.2, -0.15) is 0 Å². The van der Waals surface area contributed by atoms with Crippen molar-refractivity contribution in [2.45, 2.75) is 38.6 Å². The molecule has 0 bridgehead atoms. The molecule has 37 heavy (non-hydrogen) atoms. The minimum Gasteiger partial charge on any atom is -0.507 e. The number of carbonyl (C=O) groups excluding carboxylic acids is 2. The van der Waals surface area contributed by atoms with Gasteiger partial charge in [0.25, 0.3) is 11.7 Å². The molecule has 3 aliphatic rings. The van der Waals surface area contributed by atoms with Crippen molar-refractivity contribution in [1.29, 1.82) is 0 Å². The Kier molecular flexibility index (Phi) is 5.83. The number of Topliss-reactive ketones (excluding diaryl/α,β-unsaturated/α-hetero) is 1.